The number of ether oxygens (including phenoxy) is 2. The predicted molar refractivity (Wildman–Crippen MR) is 108 cm³/mol. The van der Waals surface area contributed by atoms with Crippen molar-refractivity contribution in [2.24, 2.45) is 0 Å². The van der Waals surface area contributed by atoms with Crippen LogP contribution in [0.4, 0.5) is 0 Å². The largest absolute Gasteiger partial charge is 0.494 e. The Morgan fingerprint density at radius 2 is 1.52 bits per heavy atom. The van der Waals surface area contributed by atoms with E-state index in [9.17, 15) is 0 Å². The molecule has 1 aromatic carbocycles. The van der Waals surface area contributed by atoms with E-state index in [0.29, 0.717) is 6.61 Å². The van der Waals surface area contributed by atoms with Crippen molar-refractivity contribution >= 4 is 0 Å². The summed E-state index contributed by atoms with van der Waals surface area (Å²) in [5.41, 5.74) is 3.26. The highest BCUT2D eigenvalue weighted by atomic mass is 16.5. The second kappa shape index (κ2) is 15.6. The van der Waals surface area contributed by atoms with Gasteiger partial charge in [-0.3, -0.25) is 4.98 Å². The molecule has 2 rings (SSSR count). The normalized spacial score (nSPS) is 9.36. The predicted octanol–water partition coefficient (Wildman–Crippen LogP) is 6.30. The molecule has 0 atom stereocenters. The zero-order valence-corrected chi connectivity index (χ0v) is 16.8. The first kappa shape index (κ1) is 23.1. The van der Waals surface area contributed by atoms with Crippen LogP contribution in [-0.2, 0) is 4.74 Å². The molecule has 0 fully saturated rings. The zero-order chi connectivity index (χ0) is 18.9. The molecular weight excluding hydrogens is 310 g/mol. The van der Waals surface area contributed by atoms with Crippen LogP contribution in [0.1, 0.15) is 53.0 Å². The Bertz CT molecular complexity index is 521. The molecule has 0 unspecified atom stereocenters. The van der Waals surface area contributed by atoms with E-state index < -0.39 is 0 Å². The molecule has 140 valence electrons. The summed E-state index contributed by atoms with van der Waals surface area (Å²) >= 11 is 0. The number of aromatic nitrogens is 1. The number of nitrogens with zero attached hydrogens (tertiary/aromatic N) is 1. The molecule has 3 nitrogen and oxygen atoms in total. The van der Waals surface area contributed by atoms with E-state index in [2.05, 4.69) is 18.0 Å². The van der Waals surface area contributed by atoms with Crippen LogP contribution in [0.3, 0.4) is 0 Å². The summed E-state index contributed by atoms with van der Waals surface area (Å²) in [4.78, 5) is 4.42. The van der Waals surface area contributed by atoms with E-state index in [1.807, 2.05) is 71.1 Å². The van der Waals surface area contributed by atoms with Gasteiger partial charge in [-0.2, -0.15) is 0 Å². The topological polar surface area (TPSA) is 31.4 Å². The van der Waals surface area contributed by atoms with Gasteiger partial charge in [-0.25, -0.2) is 0 Å². The summed E-state index contributed by atoms with van der Waals surface area (Å²) < 4.78 is 11.1. The SMILES string of the molecule is CC.CC.CCCOCCCOc1ccc(-c2ccc(C)cn2)cc1. The van der Waals surface area contributed by atoms with Crippen molar-refractivity contribution in [2.45, 2.75) is 54.4 Å². The maximum absolute atomic E-state index is 5.70. The highest BCUT2D eigenvalue weighted by molar-refractivity contribution is 5.59. The fourth-order valence-corrected chi connectivity index (χ4v) is 1.96. The number of pyridine rings is 1. The van der Waals surface area contributed by atoms with E-state index in [0.717, 1.165) is 43.1 Å². The van der Waals surface area contributed by atoms with Gasteiger partial charge < -0.3 is 9.47 Å². The van der Waals surface area contributed by atoms with E-state index in [-0.39, 0.29) is 0 Å². The lowest BCUT2D eigenvalue weighted by molar-refractivity contribution is 0.120. The molecule has 1 aromatic heterocycles. The van der Waals surface area contributed by atoms with Crippen molar-refractivity contribution in [1.82, 2.24) is 4.98 Å². The van der Waals surface area contributed by atoms with Crippen molar-refractivity contribution < 1.29 is 9.47 Å². The standard InChI is InChI=1S/C18H23NO2.2C2H6/c1-3-11-20-12-4-13-21-17-8-6-16(7-9-17)18-10-5-15(2)14-19-18;2*1-2/h5-10,14H,3-4,11-13H2,1-2H3;2*1-2H3. The summed E-state index contributed by atoms with van der Waals surface area (Å²) in [6.07, 6.45) is 3.87. The first-order valence-electron chi connectivity index (χ1n) is 9.53. The number of aryl methyl sites for hydroxylation is 1. The number of rotatable bonds is 8. The van der Waals surface area contributed by atoms with Crippen LogP contribution in [0.5, 0.6) is 5.75 Å². The van der Waals surface area contributed by atoms with E-state index >= 15 is 0 Å². The zero-order valence-electron chi connectivity index (χ0n) is 16.8. The van der Waals surface area contributed by atoms with Crippen LogP contribution < -0.4 is 4.74 Å². The lowest BCUT2D eigenvalue weighted by atomic mass is 10.1. The van der Waals surface area contributed by atoms with Gasteiger partial charge in [0.1, 0.15) is 5.75 Å². The molecule has 3 heteroatoms. The molecule has 0 aliphatic heterocycles. The van der Waals surface area contributed by atoms with E-state index in [1.165, 1.54) is 5.56 Å². The Morgan fingerprint density at radius 1 is 0.840 bits per heavy atom. The summed E-state index contributed by atoms with van der Waals surface area (Å²) in [7, 11) is 0. The van der Waals surface area contributed by atoms with Gasteiger partial charge in [-0.05, 0) is 49.2 Å². The van der Waals surface area contributed by atoms with Crippen LogP contribution in [0.2, 0.25) is 0 Å². The molecule has 0 aliphatic carbocycles. The fraction of sp³-hybridized carbons (Fsp3) is 0.500. The van der Waals surface area contributed by atoms with Crippen LogP contribution in [0.25, 0.3) is 11.3 Å². The van der Waals surface area contributed by atoms with Gasteiger partial charge in [0, 0.05) is 31.4 Å². The van der Waals surface area contributed by atoms with E-state index in [1.54, 1.807) is 0 Å². The molecule has 25 heavy (non-hydrogen) atoms. The first-order valence-corrected chi connectivity index (χ1v) is 9.53. The highest BCUT2D eigenvalue weighted by Gasteiger charge is 2.00. The quantitative estimate of drug-likeness (QED) is 0.526. The molecule has 0 spiro atoms. The summed E-state index contributed by atoms with van der Waals surface area (Å²) in [5, 5.41) is 0. The van der Waals surface area contributed by atoms with Gasteiger partial charge in [-0.15, -0.1) is 0 Å². The van der Waals surface area contributed by atoms with Crippen molar-refractivity contribution in [2.75, 3.05) is 19.8 Å². The third-order valence-corrected chi connectivity index (χ3v) is 3.11. The summed E-state index contributed by atoms with van der Waals surface area (Å²) in [6.45, 7) is 14.4. The molecular formula is C22H35NO2. The Hall–Kier alpha value is -1.87. The Labute approximate surface area is 154 Å². The molecule has 0 bridgehead atoms. The number of hydrogen-bond acceptors (Lipinski definition) is 3. The summed E-state index contributed by atoms with van der Waals surface area (Å²) in [5.74, 6) is 0.890. The molecule has 0 saturated heterocycles. The molecule has 0 aliphatic rings. The first-order chi connectivity index (χ1) is 12.3. The van der Waals surface area contributed by atoms with Crippen molar-refractivity contribution in [3.63, 3.8) is 0 Å². The fourth-order valence-electron chi connectivity index (χ4n) is 1.96. The van der Waals surface area contributed by atoms with Crippen LogP contribution >= 0.6 is 0 Å². The molecule has 0 saturated carbocycles. The van der Waals surface area contributed by atoms with Crippen LogP contribution in [0.15, 0.2) is 42.6 Å². The number of hydrogen-bond donors (Lipinski definition) is 0. The highest BCUT2D eigenvalue weighted by Crippen LogP contribution is 2.20. The molecule has 1 heterocycles. The second-order valence-electron chi connectivity index (χ2n) is 5.06. The van der Waals surface area contributed by atoms with Crippen molar-refractivity contribution in [3.05, 3.63) is 48.2 Å². The van der Waals surface area contributed by atoms with Gasteiger partial charge in [0.25, 0.3) is 0 Å². The Kier molecular flexibility index (Phi) is 14.5. The Balaban J connectivity index is 0.00000134. The minimum absolute atomic E-state index is 0.686. The lowest BCUT2D eigenvalue weighted by Gasteiger charge is -2.07. The average Bonchev–Trinajstić information content (AvgIpc) is 2.69. The average molecular weight is 346 g/mol. The van der Waals surface area contributed by atoms with Crippen molar-refractivity contribution in [1.29, 1.82) is 0 Å². The maximum atomic E-state index is 5.70. The van der Waals surface area contributed by atoms with Crippen molar-refractivity contribution in [3.8, 4) is 17.0 Å². The second-order valence-corrected chi connectivity index (χ2v) is 5.06. The third-order valence-electron chi connectivity index (χ3n) is 3.11. The third kappa shape index (κ3) is 9.88. The number of benzene rings is 1. The van der Waals surface area contributed by atoms with Crippen LogP contribution in [-0.4, -0.2) is 24.8 Å². The molecule has 0 radical (unpaired) electrons. The van der Waals surface area contributed by atoms with E-state index in [4.69, 9.17) is 9.47 Å². The smallest absolute Gasteiger partial charge is 0.119 e. The van der Waals surface area contributed by atoms with Gasteiger partial charge in [0.15, 0.2) is 0 Å². The van der Waals surface area contributed by atoms with Gasteiger partial charge in [0.05, 0.1) is 12.3 Å². The Morgan fingerprint density at radius 3 is 2.08 bits per heavy atom. The van der Waals surface area contributed by atoms with Gasteiger partial charge >= 0.3 is 0 Å². The maximum Gasteiger partial charge on any atom is 0.119 e. The minimum Gasteiger partial charge on any atom is -0.494 e. The van der Waals surface area contributed by atoms with Crippen LogP contribution in [0, 0.1) is 6.92 Å². The summed E-state index contributed by atoms with van der Waals surface area (Å²) in [6, 6.07) is 12.2. The molecule has 0 N–H and O–H groups in total. The lowest BCUT2D eigenvalue weighted by Crippen LogP contribution is -2.03. The monoisotopic (exact) mass is 345 g/mol. The molecule has 0 amide bonds. The van der Waals surface area contributed by atoms with Gasteiger partial charge in [-0.1, -0.05) is 40.7 Å². The molecule has 2 aromatic rings. The minimum atomic E-state index is 0.686. The van der Waals surface area contributed by atoms with Gasteiger partial charge in [0.2, 0.25) is 0 Å².